The van der Waals surface area contributed by atoms with Crippen LogP contribution < -0.4 is 0 Å². The molecule has 0 saturated carbocycles. The molecule has 0 aliphatic carbocycles. The van der Waals surface area contributed by atoms with E-state index in [2.05, 4.69) is 0 Å². The van der Waals surface area contributed by atoms with E-state index in [0.717, 1.165) is 0 Å². The molecule has 0 N–H and O–H groups in total. The van der Waals surface area contributed by atoms with Crippen molar-refractivity contribution >= 4 is 5.97 Å². The van der Waals surface area contributed by atoms with Gasteiger partial charge in [-0.1, -0.05) is 0 Å². The highest BCUT2D eigenvalue weighted by Crippen LogP contribution is 2.29. The molecule has 5 nitrogen and oxygen atoms in total. The van der Waals surface area contributed by atoms with Crippen LogP contribution in [0.5, 0.6) is 0 Å². The molecule has 0 unspecified atom stereocenters. The Labute approximate surface area is 82.6 Å². The van der Waals surface area contributed by atoms with Crippen molar-refractivity contribution in [1.29, 1.82) is 0 Å². The van der Waals surface area contributed by atoms with Crippen molar-refractivity contribution < 1.29 is 23.7 Å². The van der Waals surface area contributed by atoms with E-state index in [9.17, 15) is 4.79 Å². The van der Waals surface area contributed by atoms with Crippen LogP contribution in [-0.4, -0.2) is 32.8 Å². The Morgan fingerprint density at radius 3 is 2.64 bits per heavy atom. The molecule has 80 valence electrons. The van der Waals surface area contributed by atoms with Gasteiger partial charge in [0, 0.05) is 14.2 Å². The van der Waals surface area contributed by atoms with Crippen molar-refractivity contribution in [2.45, 2.75) is 19.3 Å². The third-order valence-corrected chi connectivity index (χ3v) is 1.90. The fraction of sp³-hybridized carbons (Fsp3) is 0.667. The van der Waals surface area contributed by atoms with Crippen LogP contribution >= 0.6 is 0 Å². The van der Waals surface area contributed by atoms with Crippen molar-refractivity contribution in [3.63, 3.8) is 0 Å². The first-order valence-corrected chi connectivity index (χ1v) is 4.34. The summed E-state index contributed by atoms with van der Waals surface area (Å²) in [6.45, 7) is 2.04. The Balaban J connectivity index is 2.58. The molecule has 14 heavy (non-hydrogen) atoms. The molecule has 0 aromatic rings. The average molecular weight is 202 g/mol. The Hall–Kier alpha value is -1.07. The highest BCUT2D eigenvalue weighted by Gasteiger charge is 2.39. The first kappa shape index (κ1) is 11.0. The third-order valence-electron chi connectivity index (χ3n) is 1.90. The Morgan fingerprint density at radius 2 is 2.21 bits per heavy atom. The first-order chi connectivity index (χ1) is 6.67. The summed E-state index contributed by atoms with van der Waals surface area (Å²) in [6.07, 6.45) is 1.96. The van der Waals surface area contributed by atoms with E-state index in [1.54, 1.807) is 13.0 Å². The largest absolute Gasteiger partial charge is 0.460 e. The molecule has 0 aromatic carbocycles. The van der Waals surface area contributed by atoms with Gasteiger partial charge in [-0.05, 0) is 13.0 Å². The Morgan fingerprint density at radius 1 is 1.57 bits per heavy atom. The number of methoxy groups -OCH3 is 2. The predicted molar refractivity (Wildman–Crippen MR) is 47.2 cm³/mol. The molecule has 1 aliphatic heterocycles. The smallest absolute Gasteiger partial charge is 0.373 e. The molecule has 0 bridgehead atoms. The van der Waals surface area contributed by atoms with Crippen molar-refractivity contribution in [1.82, 2.24) is 0 Å². The highest BCUT2D eigenvalue weighted by molar-refractivity contribution is 5.86. The number of carbonyl (C=O) groups excluding carboxylic acids is 1. The molecular weight excluding hydrogens is 188 g/mol. The minimum Gasteiger partial charge on any atom is -0.460 e. The third kappa shape index (κ3) is 2.05. The maximum absolute atomic E-state index is 11.2. The van der Waals surface area contributed by atoms with Crippen LogP contribution in [0.3, 0.4) is 0 Å². The van der Waals surface area contributed by atoms with Gasteiger partial charge in [0.25, 0.3) is 0 Å². The predicted octanol–water partition coefficient (Wildman–Crippen LogP) is 0.800. The summed E-state index contributed by atoms with van der Waals surface area (Å²) in [4.78, 5) is 11.2. The summed E-state index contributed by atoms with van der Waals surface area (Å²) in [5.74, 6) is -1.53. The van der Waals surface area contributed by atoms with Gasteiger partial charge >= 0.3 is 11.9 Å². The van der Waals surface area contributed by atoms with Crippen LogP contribution in [0.2, 0.25) is 0 Å². The normalized spacial score (nSPS) is 18.6. The second kappa shape index (κ2) is 4.43. The van der Waals surface area contributed by atoms with Crippen LogP contribution in [0.25, 0.3) is 0 Å². The minimum atomic E-state index is -1.16. The van der Waals surface area contributed by atoms with Crippen LogP contribution in [0.15, 0.2) is 11.8 Å². The fourth-order valence-electron chi connectivity index (χ4n) is 1.13. The second-order valence-corrected chi connectivity index (χ2v) is 2.69. The van der Waals surface area contributed by atoms with Gasteiger partial charge in [-0.3, -0.25) is 0 Å². The van der Waals surface area contributed by atoms with Gasteiger partial charge in [-0.15, -0.1) is 0 Å². The quantitative estimate of drug-likeness (QED) is 0.498. The van der Waals surface area contributed by atoms with Gasteiger partial charge in [0.15, 0.2) is 0 Å². The van der Waals surface area contributed by atoms with Gasteiger partial charge < -0.3 is 18.9 Å². The molecule has 1 rings (SSSR count). The summed E-state index contributed by atoms with van der Waals surface area (Å²) in [6, 6.07) is 0. The Kier molecular flexibility index (Phi) is 3.49. The molecule has 0 spiro atoms. The molecular formula is C9H14O5. The summed E-state index contributed by atoms with van der Waals surface area (Å²) in [5.41, 5.74) is 0. The van der Waals surface area contributed by atoms with Crippen LogP contribution in [0.4, 0.5) is 0 Å². The zero-order valence-corrected chi connectivity index (χ0v) is 8.53. The number of ether oxygens (including phenoxy) is 4. The standard InChI is InChI=1S/C9H14O5/c1-4-13-8(10)7-5-6-9(11-2,12-3)14-7/h5H,4,6H2,1-3H3. The van der Waals surface area contributed by atoms with Gasteiger partial charge in [0.05, 0.1) is 13.0 Å². The molecule has 0 aromatic heterocycles. The highest BCUT2D eigenvalue weighted by atomic mass is 16.9. The van der Waals surface area contributed by atoms with Crippen molar-refractivity contribution in [3.8, 4) is 0 Å². The summed E-state index contributed by atoms with van der Waals surface area (Å²) in [5, 5.41) is 0. The van der Waals surface area contributed by atoms with Crippen LogP contribution in [0.1, 0.15) is 13.3 Å². The lowest BCUT2D eigenvalue weighted by Gasteiger charge is -2.25. The molecule has 0 saturated heterocycles. The van der Waals surface area contributed by atoms with Crippen molar-refractivity contribution in [2.24, 2.45) is 0 Å². The molecule has 1 aliphatic rings. The fourth-order valence-corrected chi connectivity index (χ4v) is 1.13. The van der Waals surface area contributed by atoms with Crippen molar-refractivity contribution in [3.05, 3.63) is 11.8 Å². The van der Waals surface area contributed by atoms with E-state index in [4.69, 9.17) is 18.9 Å². The second-order valence-electron chi connectivity index (χ2n) is 2.69. The number of hydrogen-bond donors (Lipinski definition) is 0. The lowest BCUT2D eigenvalue weighted by atomic mass is 10.3. The van der Waals surface area contributed by atoms with E-state index in [1.165, 1.54) is 14.2 Å². The number of carbonyl (C=O) groups is 1. The minimum absolute atomic E-state index is 0.135. The summed E-state index contributed by atoms with van der Waals surface area (Å²) >= 11 is 0. The van der Waals surface area contributed by atoms with Gasteiger partial charge in [0.1, 0.15) is 0 Å². The molecule has 1 heterocycles. The molecule has 0 radical (unpaired) electrons. The SMILES string of the molecule is CCOC(=O)C1=CCC(OC)(OC)O1. The average Bonchev–Trinajstić information content (AvgIpc) is 2.63. The topological polar surface area (TPSA) is 54.0 Å². The van der Waals surface area contributed by atoms with Gasteiger partial charge in [0.2, 0.25) is 5.76 Å². The van der Waals surface area contributed by atoms with E-state index in [1.807, 2.05) is 0 Å². The molecule has 5 heteroatoms. The van der Waals surface area contributed by atoms with E-state index in [-0.39, 0.29) is 5.76 Å². The maximum Gasteiger partial charge on any atom is 0.373 e. The van der Waals surface area contributed by atoms with E-state index >= 15 is 0 Å². The molecule has 0 amide bonds. The zero-order valence-electron chi connectivity index (χ0n) is 8.53. The van der Waals surface area contributed by atoms with Crippen LogP contribution in [0, 0.1) is 0 Å². The summed E-state index contributed by atoms with van der Waals surface area (Å²) in [7, 11) is 2.90. The van der Waals surface area contributed by atoms with Crippen molar-refractivity contribution in [2.75, 3.05) is 20.8 Å². The monoisotopic (exact) mass is 202 g/mol. The number of esters is 1. The lowest BCUT2D eigenvalue weighted by molar-refractivity contribution is -0.334. The number of hydrogen-bond acceptors (Lipinski definition) is 5. The van der Waals surface area contributed by atoms with E-state index in [0.29, 0.717) is 13.0 Å². The molecule has 0 fully saturated rings. The Bertz CT molecular complexity index is 242. The maximum atomic E-state index is 11.2. The van der Waals surface area contributed by atoms with Gasteiger partial charge in [-0.25, -0.2) is 4.79 Å². The first-order valence-electron chi connectivity index (χ1n) is 4.34. The lowest BCUT2D eigenvalue weighted by Crippen LogP contribution is -2.33. The van der Waals surface area contributed by atoms with Gasteiger partial charge in [-0.2, -0.15) is 0 Å². The summed E-state index contributed by atoms with van der Waals surface area (Å²) < 4.78 is 20.0. The molecule has 0 atom stereocenters. The van der Waals surface area contributed by atoms with E-state index < -0.39 is 11.9 Å². The zero-order chi connectivity index (χ0) is 10.6. The number of rotatable bonds is 4. The van der Waals surface area contributed by atoms with Crippen LogP contribution in [-0.2, 0) is 23.7 Å².